The van der Waals surface area contributed by atoms with Gasteiger partial charge in [0.25, 0.3) is 6.43 Å². The first-order chi connectivity index (χ1) is 11.7. The van der Waals surface area contributed by atoms with Crippen molar-refractivity contribution in [1.82, 2.24) is 10.6 Å². The number of carbonyl (C=O) groups is 1. The van der Waals surface area contributed by atoms with E-state index in [2.05, 4.69) is 10.6 Å². The van der Waals surface area contributed by atoms with E-state index >= 15 is 0 Å². The Morgan fingerprint density at radius 1 is 1.36 bits per heavy atom. The van der Waals surface area contributed by atoms with Gasteiger partial charge in [0, 0.05) is 12.8 Å². The van der Waals surface area contributed by atoms with Crippen molar-refractivity contribution in [1.29, 1.82) is 0 Å². The van der Waals surface area contributed by atoms with E-state index in [4.69, 9.17) is 4.74 Å². The molecule has 0 radical (unpaired) electrons. The molecular weight excluding hydrogens is 354 g/mol. The molecule has 2 N–H and O–H groups in total. The molecule has 0 atom stereocenters. The topological polar surface area (TPSA) is 84.5 Å². The maximum absolute atomic E-state index is 12.6. The molecule has 0 bridgehead atoms. The molecule has 1 aliphatic rings. The van der Waals surface area contributed by atoms with Gasteiger partial charge >= 0.3 is 0 Å². The number of carbonyl (C=O) groups excluding carboxylic acids is 1. The molecule has 1 fully saturated rings. The van der Waals surface area contributed by atoms with Crippen molar-refractivity contribution < 1.29 is 26.7 Å². The Kier molecular flexibility index (Phi) is 6.34. The molecule has 140 valence electrons. The van der Waals surface area contributed by atoms with E-state index in [0.29, 0.717) is 18.7 Å². The van der Waals surface area contributed by atoms with Crippen LogP contribution in [0.4, 0.5) is 8.78 Å². The number of rotatable bonds is 7. The van der Waals surface area contributed by atoms with Crippen LogP contribution >= 0.6 is 0 Å². The molecule has 1 aliphatic heterocycles. The number of benzene rings is 1. The van der Waals surface area contributed by atoms with Crippen molar-refractivity contribution in [2.45, 2.75) is 30.6 Å². The molecule has 2 rings (SSSR count). The summed E-state index contributed by atoms with van der Waals surface area (Å²) in [5, 5.41) is 5.71. The van der Waals surface area contributed by atoms with Crippen LogP contribution in [0.15, 0.2) is 24.3 Å². The number of alkyl halides is 2. The number of piperidine rings is 1. The molecule has 0 aliphatic carbocycles. The first kappa shape index (κ1) is 19.6. The summed E-state index contributed by atoms with van der Waals surface area (Å²) in [7, 11) is -3.58. The van der Waals surface area contributed by atoms with Crippen LogP contribution in [0.3, 0.4) is 0 Å². The lowest BCUT2D eigenvalue weighted by molar-refractivity contribution is -0.124. The van der Waals surface area contributed by atoms with Gasteiger partial charge in [-0.15, -0.1) is 0 Å². The molecular formula is C16H22F2N2O4S. The summed E-state index contributed by atoms with van der Waals surface area (Å²) < 4.78 is 52.3. The van der Waals surface area contributed by atoms with Gasteiger partial charge in [0.15, 0.2) is 14.6 Å². The van der Waals surface area contributed by atoms with E-state index in [1.807, 2.05) is 0 Å². The molecule has 0 spiro atoms. The van der Waals surface area contributed by atoms with Gasteiger partial charge in [-0.2, -0.15) is 0 Å². The lowest BCUT2D eigenvalue weighted by atomic mass is 9.95. The predicted molar refractivity (Wildman–Crippen MR) is 89.5 cm³/mol. The quantitative estimate of drug-likeness (QED) is 0.745. The Hall–Kier alpha value is -1.74. The van der Waals surface area contributed by atoms with E-state index in [-0.39, 0.29) is 25.1 Å². The minimum Gasteiger partial charge on any atom is -0.488 e. The van der Waals surface area contributed by atoms with Gasteiger partial charge in [0.2, 0.25) is 5.91 Å². The van der Waals surface area contributed by atoms with Gasteiger partial charge < -0.3 is 15.4 Å². The lowest BCUT2D eigenvalue weighted by Crippen LogP contribution is -2.57. The number of hydrogen-bond acceptors (Lipinski definition) is 5. The summed E-state index contributed by atoms with van der Waals surface area (Å²) in [5.41, 5.74) is 0.637. The van der Waals surface area contributed by atoms with Gasteiger partial charge in [-0.1, -0.05) is 12.1 Å². The second-order valence-corrected chi connectivity index (χ2v) is 8.37. The van der Waals surface area contributed by atoms with Crippen LogP contribution in [0, 0.1) is 0 Å². The first-order valence-corrected chi connectivity index (χ1v) is 9.82. The summed E-state index contributed by atoms with van der Waals surface area (Å²) in [6.07, 6.45) is -1.06. The largest absolute Gasteiger partial charge is 0.488 e. The Morgan fingerprint density at radius 3 is 2.64 bits per heavy atom. The molecule has 0 saturated carbocycles. The SMILES string of the molecule is CS(=O)(=O)C1(C(=O)NCc2cccc(OCC(F)F)c2)CCNCC1. The number of amides is 1. The van der Waals surface area contributed by atoms with Crippen molar-refractivity contribution in [3.8, 4) is 5.75 Å². The van der Waals surface area contributed by atoms with Crippen LogP contribution in [0.2, 0.25) is 0 Å². The molecule has 25 heavy (non-hydrogen) atoms. The third-order valence-corrected chi connectivity index (χ3v) is 6.28. The van der Waals surface area contributed by atoms with Gasteiger partial charge in [-0.05, 0) is 43.6 Å². The highest BCUT2D eigenvalue weighted by Crippen LogP contribution is 2.28. The number of hydrogen-bond donors (Lipinski definition) is 2. The van der Waals surface area contributed by atoms with Crippen LogP contribution in [0.5, 0.6) is 5.75 Å². The van der Waals surface area contributed by atoms with Crippen LogP contribution in [0.25, 0.3) is 0 Å². The van der Waals surface area contributed by atoms with Crippen LogP contribution in [0.1, 0.15) is 18.4 Å². The van der Waals surface area contributed by atoms with Crippen LogP contribution in [-0.2, 0) is 21.2 Å². The van der Waals surface area contributed by atoms with E-state index in [0.717, 1.165) is 6.26 Å². The molecule has 9 heteroatoms. The minimum absolute atomic E-state index is 0.0927. The maximum Gasteiger partial charge on any atom is 0.272 e. The molecule has 1 aromatic rings. The van der Waals surface area contributed by atoms with Crippen LogP contribution in [-0.4, -0.2) is 51.4 Å². The van der Waals surface area contributed by atoms with Crippen molar-refractivity contribution >= 4 is 15.7 Å². The highest BCUT2D eigenvalue weighted by atomic mass is 32.2. The number of halogens is 2. The fraction of sp³-hybridized carbons (Fsp3) is 0.562. The molecule has 1 saturated heterocycles. The summed E-state index contributed by atoms with van der Waals surface area (Å²) in [5.74, 6) is -0.262. The maximum atomic E-state index is 12.6. The zero-order valence-electron chi connectivity index (χ0n) is 13.9. The molecule has 1 heterocycles. The molecule has 0 unspecified atom stereocenters. The first-order valence-electron chi connectivity index (χ1n) is 7.93. The Morgan fingerprint density at radius 2 is 2.04 bits per heavy atom. The minimum atomic E-state index is -3.58. The zero-order valence-corrected chi connectivity index (χ0v) is 14.7. The highest BCUT2D eigenvalue weighted by molar-refractivity contribution is 7.92. The number of nitrogens with one attached hydrogen (secondary N) is 2. The second-order valence-electron chi connectivity index (χ2n) is 6.05. The fourth-order valence-corrected chi connectivity index (χ4v) is 4.20. The predicted octanol–water partition coefficient (Wildman–Crippen LogP) is 1.11. The third kappa shape index (κ3) is 4.88. The fourth-order valence-electron chi connectivity index (χ4n) is 2.84. The summed E-state index contributed by atoms with van der Waals surface area (Å²) in [6, 6.07) is 6.40. The number of sulfone groups is 1. The average molecular weight is 376 g/mol. The van der Waals surface area contributed by atoms with Crippen molar-refractivity contribution in [3.63, 3.8) is 0 Å². The summed E-state index contributed by atoms with van der Waals surface area (Å²) in [4.78, 5) is 12.6. The Balaban J connectivity index is 2.04. The standard InChI is InChI=1S/C16H22F2N2O4S/c1-25(22,23)16(5-7-19-8-6-16)15(21)20-10-12-3-2-4-13(9-12)24-11-14(17)18/h2-4,9,14,19H,5-8,10-11H2,1H3,(H,20,21). The number of ether oxygens (including phenoxy) is 1. The van der Waals surface area contributed by atoms with E-state index < -0.39 is 33.5 Å². The van der Waals surface area contributed by atoms with E-state index in [1.54, 1.807) is 18.2 Å². The van der Waals surface area contributed by atoms with Crippen molar-refractivity contribution in [2.75, 3.05) is 26.0 Å². The van der Waals surface area contributed by atoms with Crippen LogP contribution < -0.4 is 15.4 Å². The van der Waals surface area contributed by atoms with Gasteiger partial charge in [-0.25, -0.2) is 17.2 Å². The monoisotopic (exact) mass is 376 g/mol. The summed E-state index contributed by atoms with van der Waals surface area (Å²) in [6.45, 7) is 0.296. The Bertz CT molecular complexity index is 704. The second kappa shape index (κ2) is 8.09. The van der Waals surface area contributed by atoms with Gasteiger partial charge in [-0.3, -0.25) is 4.79 Å². The third-order valence-electron chi connectivity index (χ3n) is 4.26. The molecule has 1 amide bonds. The Labute approximate surface area is 145 Å². The molecule has 6 nitrogen and oxygen atoms in total. The van der Waals surface area contributed by atoms with Crippen molar-refractivity contribution in [3.05, 3.63) is 29.8 Å². The van der Waals surface area contributed by atoms with E-state index in [1.165, 1.54) is 6.07 Å². The normalized spacial score (nSPS) is 17.3. The summed E-state index contributed by atoms with van der Waals surface area (Å²) >= 11 is 0. The zero-order chi connectivity index (χ0) is 18.5. The molecule has 0 aromatic heterocycles. The average Bonchev–Trinajstić information content (AvgIpc) is 2.58. The molecule has 1 aromatic carbocycles. The van der Waals surface area contributed by atoms with Gasteiger partial charge in [0.1, 0.15) is 12.4 Å². The van der Waals surface area contributed by atoms with Crippen molar-refractivity contribution in [2.24, 2.45) is 0 Å². The highest BCUT2D eigenvalue weighted by Gasteiger charge is 2.48. The lowest BCUT2D eigenvalue weighted by Gasteiger charge is -2.34. The van der Waals surface area contributed by atoms with Gasteiger partial charge in [0.05, 0.1) is 0 Å². The smallest absolute Gasteiger partial charge is 0.272 e. The van der Waals surface area contributed by atoms with E-state index in [9.17, 15) is 22.0 Å².